The zero-order valence-corrected chi connectivity index (χ0v) is 15.1. The summed E-state index contributed by atoms with van der Waals surface area (Å²) in [7, 11) is 0. The van der Waals surface area contributed by atoms with Crippen molar-refractivity contribution in [2.75, 3.05) is 37.2 Å². The Labute approximate surface area is 159 Å². The second-order valence-corrected chi connectivity index (χ2v) is 6.49. The molecule has 138 valence electrons. The van der Waals surface area contributed by atoms with Gasteiger partial charge in [-0.25, -0.2) is 0 Å². The summed E-state index contributed by atoms with van der Waals surface area (Å²) in [4.78, 5) is 16.7. The summed E-state index contributed by atoms with van der Waals surface area (Å²) >= 11 is 0. The van der Waals surface area contributed by atoms with Gasteiger partial charge in [0.05, 0.1) is 0 Å². The molecule has 3 N–H and O–H groups in total. The van der Waals surface area contributed by atoms with Gasteiger partial charge < -0.3 is 16.0 Å². The monoisotopic (exact) mass is 361 g/mol. The summed E-state index contributed by atoms with van der Waals surface area (Å²) in [6.07, 6.45) is 1.46. The molecule has 1 saturated heterocycles. The lowest BCUT2D eigenvalue weighted by Crippen LogP contribution is -2.48. The number of benzene rings is 2. The van der Waals surface area contributed by atoms with Crippen molar-refractivity contribution in [3.63, 3.8) is 0 Å². The molecule has 0 radical (unpaired) electrons. The van der Waals surface area contributed by atoms with Crippen LogP contribution >= 0.6 is 0 Å². The normalized spacial score (nSPS) is 15.2. The number of hydrogen-bond acceptors (Lipinski definition) is 5. The first-order chi connectivity index (χ1) is 13.2. The van der Waals surface area contributed by atoms with Crippen molar-refractivity contribution < 1.29 is 4.79 Å². The largest absolute Gasteiger partial charge is 0.399 e. The van der Waals surface area contributed by atoms with Gasteiger partial charge in [0.1, 0.15) is 11.6 Å². The number of nitrogens with one attached hydrogen (secondary N) is 1. The van der Waals surface area contributed by atoms with E-state index < -0.39 is 0 Å². The van der Waals surface area contributed by atoms with Crippen molar-refractivity contribution in [2.45, 2.75) is 6.54 Å². The smallest absolute Gasteiger partial charge is 0.266 e. The third kappa shape index (κ3) is 5.09. The second kappa shape index (κ2) is 8.88. The SMILES string of the molecule is N#C/C(=C/Nc1ccc(N)cc1)C(=O)N1CCN(Cc2ccccc2)CC1. The van der Waals surface area contributed by atoms with Gasteiger partial charge in [0.2, 0.25) is 0 Å². The fourth-order valence-corrected chi connectivity index (χ4v) is 3.00. The highest BCUT2D eigenvalue weighted by Gasteiger charge is 2.23. The topological polar surface area (TPSA) is 85.4 Å². The first-order valence-corrected chi connectivity index (χ1v) is 8.93. The van der Waals surface area contributed by atoms with Crippen molar-refractivity contribution >= 4 is 17.3 Å². The molecule has 1 heterocycles. The highest BCUT2D eigenvalue weighted by atomic mass is 16.2. The maximum absolute atomic E-state index is 12.6. The lowest BCUT2D eigenvalue weighted by Gasteiger charge is -2.34. The zero-order valence-electron chi connectivity index (χ0n) is 15.1. The van der Waals surface area contributed by atoms with Crippen LogP contribution in [0.25, 0.3) is 0 Å². The lowest BCUT2D eigenvalue weighted by atomic mass is 10.2. The number of hydrogen-bond donors (Lipinski definition) is 2. The molecule has 1 fully saturated rings. The van der Waals surface area contributed by atoms with E-state index >= 15 is 0 Å². The Morgan fingerprint density at radius 3 is 2.37 bits per heavy atom. The number of nitrogens with zero attached hydrogens (tertiary/aromatic N) is 3. The third-order valence-electron chi connectivity index (χ3n) is 4.55. The van der Waals surface area contributed by atoms with E-state index in [1.807, 2.05) is 24.3 Å². The number of piperazine rings is 1. The van der Waals surface area contributed by atoms with Crippen molar-refractivity contribution in [1.29, 1.82) is 5.26 Å². The quantitative estimate of drug-likeness (QED) is 0.485. The molecule has 6 heteroatoms. The molecule has 1 aliphatic heterocycles. The average molecular weight is 361 g/mol. The van der Waals surface area contributed by atoms with Crippen LogP contribution in [-0.4, -0.2) is 41.9 Å². The van der Waals surface area contributed by atoms with Gasteiger partial charge in [-0.05, 0) is 29.8 Å². The number of amides is 1. The van der Waals surface area contributed by atoms with Gasteiger partial charge in [-0.1, -0.05) is 30.3 Å². The maximum atomic E-state index is 12.6. The van der Waals surface area contributed by atoms with Crippen LogP contribution in [-0.2, 0) is 11.3 Å². The molecule has 2 aromatic rings. The molecule has 1 amide bonds. The minimum atomic E-state index is -0.236. The molecule has 0 bridgehead atoms. The molecule has 0 unspecified atom stereocenters. The van der Waals surface area contributed by atoms with E-state index in [1.54, 1.807) is 29.2 Å². The predicted molar refractivity (Wildman–Crippen MR) is 106 cm³/mol. The molecule has 0 saturated carbocycles. The summed E-state index contributed by atoms with van der Waals surface area (Å²) in [6, 6.07) is 19.4. The Kier molecular flexibility index (Phi) is 6.08. The average Bonchev–Trinajstić information content (AvgIpc) is 2.71. The van der Waals surface area contributed by atoms with Gasteiger partial charge in [0.25, 0.3) is 5.91 Å². The number of nitrogens with two attached hydrogens (primary N) is 1. The highest BCUT2D eigenvalue weighted by Crippen LogP contribution is 2.13. The van der Waals surface area contributed by atoms with E-state index in [0.29, 0.717) is 18.8 Å². The molecular weight excluding hydrogens is 338 g/mol. The zero-order chi connectivity index (χ0) is 19.1. The molecule has 0 spiro atoms. The Morgan fingerprint density at radius 2 is 1.74 bits per heavy atom. The molecule has 0 aromatic heterocycles. The van der Waals surface area contributed by atoms with Crippen LogP contribution in [0.2, 0.25) is 0 Å². The van der Waals surface area contributed by atoms with Crippen LogP contribution in [0.3, 0.4) is 0 Å². The molecule has 0 aliphatic carbocycles. The van der Waals surface area contributed by atoms with Gasteiger partial charge in [-0.15, -0.1) is 0 Å². The Bertz CT molecular complexity index is 831. The molecule has 3 rings (SSSR count). The van der Waals surface area contributed by atoms with E-state index in [2.05, 4.69) is 22.3 Å². The van der Waals surface area contributed by atoms with Gasteiger partial charge in [-0.3, -0.25) is 9.69 Å². The number of carbonyl (C=O) groups excluding carboxylic acids is 1. The van der Waals surface area contributed by atoms with Gasteiger partial charge >= 0.3 is 0 Å². The minimum Gasteiger partial charge on any atom is -0.399 e. The van der Waals surface area contributed by atoms with Gasteiger partial charge in [-0.2, -0.15) is 5.26 Å². The maximum Gasteiger partial charge on any atom is 0.266 e. The molecule has 0 atom stereocenters. The van der Waals surface area contributed by atoms with Crippen LogP contribution in [0.15, 0.2) is 66.4 Å². The number of nitrogen functional groups attached to an aromatic ring is 1. The van der Waals surface area contributed by atoms with Crippen LogP contribution in [0.5, 0.6) is 0 Å². The minimum absolute atomic E-state index is 0.100. The first-order valence-electron chi connectivity index (χ1n) is 8.93. The molecular formula is C21H23N5O. The van der Waals surface area contributed by atoms with Crippen molar-refractivity contribution in [3.8, 4) is 6.07 Å². The first kappa shape index (κ1) is 18.5. The Hall–Kier alpha value is -3.30. The van der Waals surface area contributed by atoms with Crippen LogP contribution in [0, 0.1) is 11.3 Å². The van der Waals surface area contributed by atoms with Crippen LogP contribution in [0.1, 0.15) is 5.56 Å². The van der Waals surface area contributed by atoms with E-state index in [-0.39, 0.29) is 11.5 Å². The van der Waals surface area contributed by atoms with Gasteiger partial charge in [0, 0.05) is 50.3 Å². The Morgan fingerprint density at radius 1 is 1.07 bits per heavy atom. The predicted octanol–water partition coefficient (Wildman–Crippen LogP) is 2.43. The van der Waals surface area contributed by atoms with Crippen LogP contribution in [0.4, 0.5) is 11.4 Å². The third-order valence-corrected chi connectivity index (χ3v) is 4.55. The molecule has 1 aliphatic rings. The molecule has 2 aromatic carbocycles. The standard InChI is InChI=1S/C21H23N5O/c22-14-18(15-24-20-8-6-19(23)7-9-20)21(27)26-12-10-25(11-13-26)16-17-4-2-1-3-5-17/h1-9,15,24H,10-13,16,23H2/b18-15-. The number of anilines is 2. The fourth-order valence-electron chi connectivity index (χ4n) is 3.00. The van der Waals surface area contributed by atoms with E-state index in [9.17, 15) is 10.1 Å². The van der Waals surface area contributed by atoms with Crippen LogP contribution < -0.4 is 11.1 Å². The fraction of sp³-hybridized carbons (Fsp3) is 0.238. The second-order valence-electron chi connectivity index (χ2n) is 6.49. The van der Waals surface area contributed by atoms with Gasteiger partial charge in [0.15, 0.2) is 0 Å². The van der Waals surface area contributed by atoms with Crippen molar-refractivity contribution in [3.05, 3.63) is 71.9 Å². The lowest BCUT2D eigenvalue weighted by molar-refractivity contribution is -0.128. The summed E-state index contributed by atoms with van der Waals surface area (Å²) < 4.78 is 0. The summed E-state index contributed by atoms with van der Waals surface area (Å²) in [6.45, 7) is 3.71. The van der Waals surface area contributed by atoms with E-state index in [1.165, 1.54) is 11.8 Å². The number of carbonyl (C=O) groups is 1. The highest BCUT2D eigenvalue weighted by molar-refractivity contribution is 5.97. The summed E-state index contributed by atoms with van der Waals surface area (Å²) in [5, 5.41) is 12.3. The molecule has 27 heavy (non-hydrogen) atoms. The van der Waals surface area contributed by atoms with Crippen molar-refractivity contribution in [1.82, 2.24) is 9.80 Å². The van der Waals surface area contributed by atoms with E-state index in [0.717, 1.165) is 25.3 Å². The van der Waals surface area contributed by atoms with Crippen molar-refractivity contribution in [2.24, 2.45) is 0 Å². The number of nitriles is 1. The summed E-state index contributed by atoms with van der Waals surface area (Å²) in [5.74, 6) is -0.236. The summed E-state index contributed by atoms with van der Waals surface area (Å²) in [5.41, 5.74) is 8.46. The Balaban J connectivity index is 1.54. The van der Waals surface area contributed by atoms with E-state index in [4.69, 9.17) is 5.73 Å². The number of rotatable bonds is 5. The molecule has 6 nitrogen and oxygen atoms in total.